The van der Waals surface area contributed by atoms with Crippen molar-refractivity contribution in [3.8, 4) is 0 Å². The van der Waals surface area contributed by atoms with Crippen LogP contribution in [-0.4, -0.2) is 22.0 Å². The second-order valence-electron chi connectivity index (χ2n) is 5.28. The van der Waals surface area contributed by atoms with Crippen molar-refractivity contribution in [3.63, 3.8) is 0 Å². The van der Waals surface area contributed by atoms with Gasteiger partial charge in [0.25, 0.3) is 5.91 Å². The van der Waals surface area contributed by atoms with Gasteiger partial charge in [0.2, 0.25) is 0 Å². The maximum Gasteiger partial charge on any atom is 0.253 e. The Labute approximate surface area is 132 Å². The summed E-state index contributed by atoms with van der Waals surface area (Å²) in [6.45, 7) is 8.16. The van der Waals surface area contributed by atoms with Gasteiger partial charge in [0.1, 0.15) is 11.6 Å². The zero-order valence-electron chi connectivity index (χ0n) is 13.9. The van der Waals surface area contributed by atoms with E-state index in [1.807, 2.05) is 13.8 Å². The molecule has 1 aromatic carbocycles. The van der Waals surface area contributed by atoms with Crippen LogP contribution in [0.4, 0.5) is 4.39 Å². The molecule has 1 atom stereocenters. The van der Waals surface area contributed by atoms with Crippen LogP contribution >= 0.6 is 0 Å². The van der Waals surface area contributed by atoms with Crippen molar-refractivity contribution in [1.29, 1.82) is 0 Å². The molecule has 0 fully saturated rings. The number of nitrogens with zero attached hydrogens (tertiary/aromatic N) is 1. The summed E-state index contributed by atoms with van der Waals surface area (Å²) in [5.74, 6) is -0.210. The Balaban J connectivity index is 0.00000116. The van der Waals surface area contributed by atoms with Crippen molar-refractivity contribution >= 4 is 5.91 Å². The summed E-state index contributed by atoms with van der Waals surface area (Å²) in [5.41, 5.74) is 1.31. The summed E-state index contributed by atoms with van der Waals surface area (Å²) in [4.78, 5) is 14.1. The van der Waals surface area contributed by atoms with Crippen molar-refractivity contribution < 1.29 is 14.3 Å². The highest BCUT2D eigenvalue weighted by Gasteiger charge is 2.31. The van der Waals surface area contributed by atoms with Crippen molar-refractivity contribution in [1.82, 2.24) is 4.90 Å². The van der Waals surface area contributed by atoms with Crippen LogP contribution in [0.5, 0.6) is 0 Å². The number of halogens is 1. The van der Waals surface area contributed by atoms with Gasteiger partial charge in [-0.2, -0.15) is 0 Å². The lowest BCUT2D eigenvalue weighted by Crippen LogP contribution is -2.44. The quantitative estimate of drug-likeness (QED) is 0.884. The zero-order valence-corrected chi connectivity index (χ0v) is 13.9. The third-order valence-corrected chi connectivity index (χ3v) is 3.77. The van der Waals surface area contributed by atoms with E-state index >= 15 is 0 Å². The zero-order chi connectivity index (χ0) is 16.7. The molecule has 0 aromatic heterocycles. The van der Waals surface area contributed by atoms with Gasteiger partial charge in [0, 0.05) is 19.0 Å². The number of amides is 1. The topological polar surface area (TPSA) is 40.5 Å². The van der Waals surface area contributed by atoms with Crippen LogP contribution in [0.15, 0.2) is 35.6 Å². The van der Waals surface area contributed by atoms with Gasteiger partial charge in [-0.3, -0.25) is 4.79 Å². The highest BCUT2D eigenvalue weighted by atomic mass is 19.1. The van der Waals surface area contributed by atoms with E-state index in [0.717, 1.165) is 18.4 Å². The normalized spacial score (nSPS) is 18.1. The number of hydrogen-bond donors (Lipinski definition) is 1. The Morgan fingerprint density at radius 2 is 1.86 bits per heavy atom. The summed E-state index contributed by atoms with van der Waals surface area (Å²) in [7, 11) is 0. The molecule has 0 bridgehead atoms. The number of aliphatic hydroxyl groups excluding tert-OH is 1. The van der Waals surface area contributed by atoms with Gasteiger partial charge in [-0.05, 0) is 31.0 Å². The van der Waals surface area contributed by atoms with Gasteiger partial charge in [0.05, 0.1) is 5.57 Å². The van der Waals surface area contributed by atoms with E-state index in [4.69, 9.17) is 0 Å². The number of benzene rings is 1. The Hall–Kier alpha value is -1.84. The summed E-state index contributed by atoms with van der Waals surface area (Å²) in [5, 5.41) is 9.85. The van der Waals surface area contributed by atoms with Gasteiger partial charge < -0.3 is 10.0 Å². The van der Waals surface area contributed by atoms with Gasteiger partial charge in [-0.25, -0.2) is 4.39 Å². The molecule has 0 saturated heterocycles. The van der Waals surface area contributed by atoms with E-state index in [0.29, 0.717) is 18.5 Å². The first-order chi connectivity index (χ1) is 10.5. The van der Waals surface area contributed by atoms with Crippen LogP contribution in [0.3, 0.4) is 0 Å². The highest BCUT2D eigenvalue weighted by Crippen LogP contribution is 2.27. The van der Waals surface area contributed by atoms with Gasteiger partial charge in [0.15, 0.2) is 0 Å². The first-order valence-corrected chi connectivity index (χ1v) is 7.97. The molecule has 1 amide bonds. The minimum Gasteiger partial charge on any atom is -0.512 e. The average molecular weight is 307 g/mol. The van der Waals surface area contributed by atoms with Gasteiger partial charge >= 0.3 is 0 Å². The minimum atomic E-state index is -0.280. The SMILES string of the molecule is CC.CCCC1CC(O)=C(C)C(=O)N1Cc1ccc(F)cc1. The summed E-state index contributed by atoms with van der Waals surface area (Å²) in [6.07, 6.45) is 2.31. The second-order valence-corrected chi connectivity index (χ2v) is 5.28. The predicted octanol–water partition coefficient (Wildman–Crippen LogP) is 4.58. The fraction of sp³-hybridized carbons (Fsp3) is 0.500. The van der Waals surface area contributed by atoms with E-state index in [-0.39, 0.29) is 23.5 Å². The number of carbonyl (C=O) groups is 1. The number of carbonyl (C=O) groups excluding carboxylic acids is 1. The molecular formula is C18H26FNO2. The lowest BCUT2D eigenvalue weighted by molar-refractivity contribution is -0.131. The third kappa shape index (κ3) is 4.33. The Morgan fingerprint density at radius 1 is 1.27 bits per heavy atom. The molecule has 1 unspecified atom stereocenters. The third-order valence-electron chi connectivity index (χ3n) is 3.77. The first kappa shape index (κ1) is 18.2. The van der Waals surface area contributed by atoms with Gasteiger partial charge in [-0.1, -0.05) is 39.3 Å². The molecular weight excluding hydrogens is 281 g/mol. The average Bonchev–Trinajstić information content (AvgIpc) is 2.53. The number of hydrogen-bond acceptors (Lipinski definition) is 2. The van der Waals surface area contributed by atoms with E-state index in [9.17, 15) is 14.3 Å². The molecule has 0 saturated carbocycles. The van der Waals surface area contributed by atoms with Crippen LogP contribution in [0, 0.1) is 5.82 Å². The molecule has 1 heterocycles. The van der Waals surface area contributed by atoms with Crippen LogP contribution in [0.1, 0.15) is 52.5 Å². The molecule has 4 heteroatoms. The number of aliphatic hydroxyl groups is 1. The van der Waals surface area contributed by atoms with Crippen LogP contribution in [0.2, 0.25) is 0 Å². The van der Waals surface area contributed by atoms with Crippen molar-refractivity contribution in [2.45, 2.75) is 59.5 Å². The molecule has 22 heavy (non-hydrogen) atoms. The maximum absolute atomic E-state index is 12.9. The van der Waals surface area contributed by atoms with Crippen LogP contribution in [-0.2, 0) is 11.3 Å². The van der Waals surface area contributed by atoms with Crippen molar-refractivity contribution in [2.75, 3.05) is 0 Å². The molecule has 1 aliphatic heterocycles. The largest absolute Gasteiger partial charge is 0.512 e. The molecule has 0 radical (unpaired) electrons. The summed E-state index contributed by atoms with van der Waals surface area (Å²) < 4.78 is 12.9. The Kier molecular flexibility index (Phi) is 7.09. The molecule has 1 aliphatic rings. The summed E-state index contributed by atoms with van der Waals surface area (Å²) >= 11 is 0. The minimum absolute atomic E-state index is 0.0150. The summed E-state index contributed by atoms with van der Waals surface area (Å²) in [6, 6.07) is 6.21. The van der Waals surface area contributed by atoms with Crippen molar-refractivity contribution in [2.24, 2.45) is 0 Å². The molecule has 0 spiro atoms. The first-order valence-electron chi connectivity index (χ1n) is 7.97. The van der Waals surface area contributed by atoms with Crippen LogP contribution < -0.4 is 0 Å². The van der Waals surface area contributed by atoms with E-state index in [1.54, 1.807) is 24.0 Å². The monoisotopic (exact) mass is 307 g/mol. The Morgan fingerprint density at radius 3 is 2.41 bits per heavy atom. The molecule has 1 aromatic rings. The van der Waals surface area contributed by atoms with E-state index in [1.165, 1.54) is 12.1 Å². The lowest BCUT2D eigenvalue weighted by atomic mass is 9.96. The van der Waals surface area contributed by atoms with Gasteiger partial charge in [-0.15, -0.1) is 0 Å². The van der Waals surface area contributed by atoms with E-state index < -0.39 is 0 Å². The maximum atomic E-state index is 12.9. The molecule has 3 nitrogen and oxygen atoms in total. The molecule has 0 aliphatic carbocycles. The Bertz CT molecular complexity index is 522. The second kappa shape index (κ2) is 8.57. The standard InChI is InChI=1S/C16H20FNO2.C2H6/c1-3-4-14-9-15(19)11(2)16(20)18(14)10-12-5-7-13(17)8-6-12;1-2/h5-8,14,19H,3-4,9-10H2,1-2H3;1-2H3. The fourth-order valence-electron chi connectivity index (χ4n) is 2.57. The molecule has 2 rings (SSSR count). The van der Waals surface area contributed by atoms with Crippen molar-refractivity contribution in [3.05, 3.63) is 47.0 Å². The smallest absolute Gasteiger partial charge is 0.253 e. The highest BCUT2D eigenvalue weighted by molar-refractivity contribution is 5.94. The molecule has 1 N–H and O–H groups in total. The van der Waals surface area contributed by atoms with Crippen LogP contribution in [0.25, 0.3) is 0 Å². The van der Waals surface area contributed by atoms with E-state index in [2.05, 4.69) is 6.92 Å². The number of rotatable bonds is 4. The lowest BCUT2D eigenvalue weighted by Gasteiger charge is -2.36. The molecule has 122 valence electrons. The predicted molar refractivity (Wildman–Crippen MR) is 86.9 cm³/mol. The fourth-order valence-corrected chi connectivity index (χ4v) is 2.57.